The molecule has 0 aromatic heterocycles. The van der Waals surface area contributed by atoms with E-state index >= 15 is 0 Å². The second-order valence-electron chi connectivity index (χ2n) is 5.71. The van der Waals surface area contributed by atoms with Crippen LogP contribution in [-0.2, 0) is 19.6 Å². The van der Waals surface area contributed by atoms with Gasteiger partial charge in [0.1, 0.15) is 0 Å². The monoisotopic (exact) mass is 354 g/mol. The molecule has 1 aromatic rings. The Balaban J connectivity index is 1.96. The third-order valence-electron chi connectivity index (χ3n) is 3.87. The molecule has 0 radical (unpaired) electrons. The number of ketones is 1. The van der Waals surface area contributed by atoms with Gasteiger partial charge in [-0.3, -0.25) is 9.59 Å². The van der Waals surface area contributed by atoms with Gasteiger partial charge in [0.2, 0.25) is 15.9 Å². The summed E-state index contributed by atoms with van der Waals surface area (Å²) in [5, 5.41) is 2.68. The van der Waals surface area contributed by atoms with Gasteiger partial charge in [-0.1, -0.05) is 12.1 Å². The smallest absolute Gasteiger partial charge is 0.225 e. The minimum Gasteiger partial charge on any atom is -0.379 e. The molecule has 1 amide bonds. The highest BCUT2D eigenvalue weighted by Crippen LogP contribution is 2.18. The maximum atomic E-state index is 12.2. The van der Waals surface area contributed by atoms with Crippen molar-refractivity contribution in [2.45, 2.75) is 20.3 Å². The standard InChI is InChI=1S/C16H22N2O5S/c1-12-3-4-14(13(2)19)11-15(12)17-16(20)5-10-24(21,22)18-6-8-23-9-7-18/h3-4,11H,5-10H2,1-2H3,(H,17,20). The Bertz CT molecular complexity index is 724. The number of Topliss-reactive ketones (excluding diaryl/α,β-unsaturated/α-hetero) is 1. The molecule has 1 aromatic carbocycles. The summed E-state index contributed by atoms with van der Waals surface area (Å²) >= 11 is 0. The molecule has 132 valence electrons. The van der Waals surface area contributed by atoms with Crippen molar-refractivity contribution >= 4 is 27.4 Å². The number of anilines is 1. The lowest BCUT2D eigenvalue weighted by Gasteiger charge is -2.25. The van der Waals surface area contributed by atoms with Crippen LogP contribution in [0.15, 0.2) is 18.2 Å². The molecule has 2 rings (SSSR count). The zero-order valence-electron chi connectivity index (χ0n) is 13.9. The third kappa shape index (κ3) is 4.86. The van der Waals surface area contributed by atoms with E-state index in [4.69, 9.17) is 4.74 Å². The summed E-state index contributed by atoms with van der Waals surface area (Å²) < 4.78 is 30.9. The van der Waals surface area contributed by atoms with Crippen LogP contribution >= 0.6 is 0 Å². The fourth-order valence-corrected chi connectivity index (χ4v) is 3.77. The van der Waals surface area contributed by atoms with Crippen molar-refractivity contribution in [3.8, 4) is 0 Å². The van der Waals surface area contributed by atoms with Gasteiger partial charge in [0, 0.05) is 30.8 Å². The number of benzene rings is 1. The second kappa shape index (κ2) is 7.87. The van der Waals surface area contributed by atoms with E-state index in [-0.39, 0.29) is 18.0 Å². The number of nitrogens with one attached hydrogen (secondary N) is 1. The van der Waals surface area contributed by atoms with Crippen molar-refractivity contribution in [2.24, 2.45) is 0 Å². The van der Waals surface area contributed by atoms with E-state index in [1.807, 2.05) is 6.92 Å². The quantitative estimate of drug-likeness (QED) is 0.775. The van der Waals surface area contributed by atoms with Crippen LogP contribution in [0.25, 0.3) is 0 Å². The molecule has 0 unspecified atom stereocenters. The Labute approximate surface area is 142 Å². The lowest BCUT2D eigenvalue weighted by molar-refractivity contribution is -0.115. The van der Waals surface area contributed by atoms with E-state index in [0.29, 0.717) is 37.6 Å². The molecule has 1 N–H and O–H groups in total. The zero-order chi connectivity index (χ0) is 17.7. The minimum absolute atomic E-state index is 0.0969. The van der Waals surface area contributed by atoms with Crippen LogP contribution in [0.4, 0.5) is 5.69 Å². The first-order valence-electron chi connectivity index (χ1n) is 7.76. The number of morpholine rings is 1. The summed E-state index contributed by atoms with van der Waals surface area (Å²) in [6.45, 7) is 4.66. The van der Waals surface area contributed by atoms with Crippen LogP contribution in [0.3, 0.4) is 0 Å². The number of sulfonamides is 1. The van der Waals surface area contributed by atoms with Gasteiger partial charge in [0.25, 0.3) is 0 Å². The van der Waals surface area contributed by atoms with E-state index in [0.717, 1.165) is 5.56 Å². The van der Waals surface area contributed by atoms with E-state index < -0.39 is 15.9 Å². The molecular weight excluding hydrogens is 332 g/mol. The maximum Gasteiger partial charge on any atom is 0.225 e. The number of carbonyl (C=O) groups is 2. The van der Waals surface area contributed by atoms with E-state index in [9.17, 15) is 18.0 Å². The third-order valence-corrected chi connectivity index (χ3v) is 5.74. The molecule has 0 aliphatic carbocycles. The molecule has 0 saturated carbocycles. The van der Waals surface area contributed by atoms with E-state index in [2.05, 4.69) is 5.32 Å². The van der Waals surface area contributed by atoms with Gasteiger partial charge >= 0.3 is 0 Å². The van der Waals surface area contributed by atoms with Crippen LogP contribution in [0, 0.1) is 6.92 Å². The number of amides is 1. The molecule has 1 aliphatic heterocycles. The molecule has 0 atom stereocenters. The Morgan fingerprint density at radius 3 is 2.54 bits per heavy atom. The SMILES string of the molecule is CC(=O)c1ccc(C)c(NC(=O)CCS(=O)(=O)N2CCOCC2)c1. The van der Waals surface area contributed by atoms with Crippen LogP contribution in [0.2, 0.25) is 0 Å². The van der Waals surface area contributed by atoms with Gasteiger partial charge in [0.15, 0.2) is 5.78 Å². The van der Waals surface area contributed by atoms with Crippen LogP contribution in [0.1, 0.15) is 29.3 Å². The topological polar surface area (TPSA) is 92.8 Å². The van der Waals surface area contributed by atoms with Gasteiger partial charge < -0.3 is 10.1 Å². The van der Waals surface area contributed by atoms with Crippen molar-refractivity contribution in [1.29, 1.82) is 0 Å². The summed E-state index contributed by atoms with van der Waals surface area (Å²) in [5.74, 6) is -0.736. The molecule has 8 heteroatoms. The van der Waals surface area contributed by atoms with Crippen LogP contribution in [0.5, 0.6) is 0 Å². The Kier molecular flexibility index (Phi) is 6.09. The maximum absolute atomic E-state index is 12.2. The van der Waals surface area contributed by atoms with E-state index in [1.54, 1.807) is 18.2 Å². The van der Waals surface area contributed by atoms with E-state index in [1.165, 1.54) is 11.2 Å². The first kappa shape index (κ1) is 18.6. The number of nitrogens with zero attached hydrogens (tertiary/aromatic N) is 1. The average molecular weight is 354 g/mol. The minimum atomic E-state index is -3.46. The molecule has 1 saturated heterocycles. The molecule has 1 heterocycles. The Morgan fingerprint density at radius 1 is 1.25 bits per heavy atom. The van der Waals surface area contributed by atoms with Crippen molar-refractivity contribution in [3.05, 3.63) is 29.3 Å². The number of hydrogen-bond donors (Lipinski definition) is 1. The summed E-state index contributed by atoms with van der Waals surface area (Å²) in [6, 6.07) is 5.04. The number of aryl methyl sites for hydroxylation is 1. The highest BCUT2D eigenvalue weighted by molar-refractivity contribution is 7.89. The molecule has 7 nitrogen and oxygen atoms in total. The molecule has 0 bridgehead atoms. The summed E-state index contributed by atoms with van der Waals surface area (Å²) in [6.07, 6.45) is -0.135. The highest BCUT2D eigenvalue weighted by atomic mass is 32.2. The fraction of sp³-hybridized carbons (Fsp3) is 0.500. The number of hydrogen-bond acceptors (Lipinski definition) is 5. The fourth-order valence-electron chi connectivity index (χ4n) is 2.36. The van der Waals surface area contributed by atoms with Crippen molar-refractivity contribution < 1.29 is 22.7 Å². The largest absolute Gasteiger partial charge is 0.379 e. The molecule has 1 aliphatic rings. The van der Waals surface area contributed by atoms with Crippen molar-refractivity contribution in [3.63, 3.8) is 0 Å². The van der Waals surface area contributed by atoms with Crippen LogP contribution in [-0.4, -0.2) is 56.5 Å². The van der Waals surface area contributed by atoms with Crippen molar-refractivity contribution in [2.75, 3.05) is 37.4 Å². The Morgan fingerprint density at radius 2 is 1.92 bits per heavy atom. The molecule has 1 fully saturated rings. The summed E-state index contributed by atoms with van der Waals surface area (Å²) in [5.41, 5.74) is 1.83. The normalized spacial score (nSPS) is 15.9. The first-order valence-corrected chi connectivity index (χ1v) is 9.37. The highest BCUT2D eigenvalue weighted by Gasteiger charge is 2.25. The van der Waals surface area contributed by atoms with Crippen molar-refractivity contribution in [1.82, 2.24) is 4.31 Å². The summed E-state index contributed by atoms with van der Waals surface area (Å²) in [4.78, 5) is 23.5. The molecular formula is C16H22N2O5S. The lowest BCUT2D eigenvalue weighted by Crippen LogP contribution is -2.42. The lowest BCUT2D eigenvalue weighted by atomic mass is 10.1. The summed E-state index contributed by atoms with van der Waals surface area (Å²) in [7, 11) is -3.46. The number of rotatable bonds is 6. The number of ether oxygens (including phenoxy) is 1. The van der Waals surface area contributed by atoms with Gasteiger partial charge in [-0.15, -0.1) is 0 Å². The molecule has 24 heavy (non-hydrogen) atoms. The second-order valence-corrected chi connectivity index (χ2v) is 7.80. The van der Waals surface area contributed by atoms with Gasteiger partial charge in [-0.05, 0) is 25.5 Å². The Hall–Kier alpha value is -1.77. The van der Waals surface area contributed by atoms with Gasteiger partial charge in [-0.2, -0.15) is 4.31 Å². The zero-order valence-corrected chi connectivity index (χ0v) is 14.7. The first-order chi connectivity index (χ1) is 11.3. The molecule has 0 spiro atoms. The van der Waals surface area contributed by atoms with Gasteiger partial charge in [-0.25, -0.2) is 8.42 Å². The number of carbonyl (C=O) groups excluding carboxylic acids is 2. The predicted molar refractivity (Wildman–Crippen MR) is 90.6 cm³/mol. The predicted octanol–water partition coefficient (Wildman–Crippen LogP) is 1.19. The average Bonchev–Trinajstić information content (AvgIpc) is 2.56. The van der Waals surface area contributed by atoms with Gasteiger partial charge in [0.05, 0.1) is 19.0 Å². The van der Waals surface area contributed by atoms with Crippen LogP contribution < -0.4 is 5.32 Å².